The molecule has 0 radical (unpaired) electrons. The quantitative estimate of drug-likeness (QED) is 0.600. The van der Waals surface area contributed by atoms with Gasteiger partial charge >= 0.3 is 0 Å². The Bertz CT molecular complexity index is 78.7. The molecule has 1 N–H and O–H groups in total. The Morgan fingerprint density at radius 1 is 0.800 bits per heavy atom. The van der Waals surface area contributed by atoms with Crippen molar-refractivity contribution in [1.29, 1.82) is 0 Å². The van der Waals surface area contributed by atoms with Crippen LogP contribution in [0.5, 0.6) is 0 Å². The van der Waals surface area contributed by atoms with Crippen LogP contribution in [-0.4, -0.2) is 51.9 Å². The number of aliphatic hydroxyl groups is 1. The van der Waals surface area contributed by atoms with Gasteiger partial charge < -0.3 is 19.3 Å². The fourth-order valence-electron chi connectivity index (χ4n) is 0.700. The van der Waals surface area contributed by atoms with Gasteiger partial charge in [-0.2, -0.15) is 0 Å². The first kappa shape index (κ1) is 17.2. The van der Waals surface area contributed by atoms with Crippen LogP contribution in [0.2, 0.25) is 0 Å². The van der Waals surface area contributed by atoms with Gasteiger partial charge in [0.15, 0.2) is 0 Å². The van der Waals surface area contributed by atoms with E-state index in [1.54, 1.807) is 7.11 Å². The fraction of sp³-hybridized carbons (Fsp3) is 1.00. The molecule has 0 aliphatic rings. The second-order valence-electron chi connectivity index (χ2n) is 2.94. The molecular formula is C11H26O4. The van der Waals surface area contributed by atoms with E-state index in [2.05, 4.69) is 18.6 Å². The third-order valence-electron chi connectivity index (χ3n) is 1.36. The number of aliphatic hydroxyl groups excluding tert-OH is 1. The molecular weight excluding hydrogens is 196 g/mol. The van der Waals surface area contributed by atoms with Crippen LogP contribution in [-0.2, 0) is 14.2 Å². The maximum absolute atomic E-state index is 8.20. The topological polar surface area (TPSA) is 47.9 Å². The van der Waals surface area contributed by atoms with Crippen molar-refractivity contribution >= 4 is 0 Å². The van der Waals surface area contributed by atoms with Crippen molar-refractivity contribution < 1.29 is 19.3 Å². The van der Waals surface area contributed by atoms with Gasteiger partial charge in [0, 0.05) is 20.3 Å². The first-order valence-electron chi connectivity index (χ1n) is 5.58. The molecule has 0 aliphatic carbocycles. The van der Waals surface area contributed by atoms with E-state index in [0.717, 1.165) is 26.1 Å². The second kappa shape index (κ2) is 19.4. The summed E-state index contributed by atoms with van der Waals surface area (Å²) in [6, 6.07) is 0. The smallest absolute Gasteiger partial charge is 0.0701 e. The lowest BCUT2D eigenvalue weighted by Gasteiger charge is -1.98. The van der Waals surface area contributed by atoms with Crippen molar-refractivity contribution in [3.63, 3.8) is 0 Å². The minimum absolute atomic E-state index is 0.0870. The molecule has 4 nitrogen and oxygen atoms in total. The zero-order valence-electron chi connectivity index (χ0n) is 10.3. The van der Waals surface area contributed by atoms with Crippen molar-refractivity contribution in [2.24, 2.45) is 0 Å². The van der Waals surface area contributed by atoms with Crippen LogP contribution in [0.15, 0.2) is 0 Å². The van der Waals surface area contributed by atoms with Gasteiger partial charge in [0.2, 0.25) is 0 Å². The van der Waals surface area contributed by atoms with Gasteiger partial charge in [-0.3, -0.25) is 0 Å². The summed E-state index contributed by atoms with van der Waals surface area (Å²) < 4.78 is 14.7. The molecule has 0 aromatic rings. The molecule has 0 bridgehead atoms. The van der Waals surface area contributed by atoms with Gasteiger partial charge in [0.05, 0.1) is 26.4 Å². The molecule has 0 saturated carbocycles. The lowest BCUT2D eigenvalue weighted by molar-refractivity contribution is 0.0500. The van der Waals surface area contributed by atoms with Crippen molar-refractivity contribution in [1.82, 2.24) is 0 Å². The Morgan fingerprint density at radius 3 is 1.73 bits per heavy atom. The Morgan fingerprint density at radius 2 is 1.33 bits per heavy atom. The predicted molar refractivity (Wildman–Crippen MR) is 61.2 cm³/mol. The van der Waals surface area contributed by atoms with Crippen LogP contribution < -0.4 is 0 Å². The van der Waals surface area contributed by atoms with Crippen LogP contribution in [0.4, 0.5) is 0 Å². The summed E-state index contributed by atoms with van der Waals surface area (Å²) in [5, 5.41) is 8.20. The molecule has 0 spiro atoms. The highest BCUT2D eigenvalue weighted by Gasteiger charge is 1.82. The van der Waals surface area contributed by atoms with E-state index in [1.807, 2.05) is 0 Å². The highest BCUT2D eigenvalue weighted by molar-refractivity contribution is 4.26. The van der Waals surface area contributed by atoms with Crippen molar-refractivity contribution in [3.05, 3.63) is 0 Å². The van der Waals surface area contributed by atoms with E-state index >= 15 is 0 Å². The minimum Gasteiger partial charge on any atom is -0.394 e. The van der Waals surface area contributed by atoms with E-state index < -0.39 is 0 Å². The van der Waals surface area contributed by atoms with Crippen molar-refractivity contribution in [2.45, 2.75) is 26.7 Å². The zero-order chi connectivity index (χ0) is 11.8. The van der Waals surface area contributed by atoms with E-state index in [1.165, 1.54) is 0 Å². The number of ether oxygens (including phenoxy) is 3. The maximum atomic E-state index is 8.20. The van der Waals surface area contributed by atoms with Crippen LogP contribution in [0.3, 0.4) is 0 Å². The van der Waals surface area contributed by atoms with Crippen molar-refractivity contribution in [2.75, 3.05) is 46.8 Å². The molecule has 0 rings (SSSR count). The Hall–Kier alpha value is -0.160. The van der Waals surface area contributed by atoms with E-state index in [0.29, 0.717) is 19.8 Å². The SMILES string of the molecule is CCCOCCC.COCCOCCO. The minimum atomic E-state index is 0.0870. The van der Waals surface area contributed by atoms with Gasteiger partial charge in [0.1, 0.15) is 0 Å². The second-order valence-corrected chi connectivity index (χ2v) is 2.94. The van der Waals surface area contributed by atoms with Crippen LogP contribution in [0.25, 0.3) is 0 Å². The van der Waals surface area contributed by atoms with Gasteiger partial charge in [0.25, 0.3) is 0 Å². The molecule has 0 aromatic carbocycles. The lowest BCUT2D eigenvalue weighted by atomic mass is 10.5. The van der Waals surface area contributed by atoms with E-state index in [9.17, 15) is 0 Å². The number of hydrogen-bond acceptors (Lipinski definition) is 4. The Kier molecular flexibility index (Phi) is 22.3. The van der Waals surface area contributed by atoms with Crippen LogP contribution in [0.1, 0.15) is 26.7 Å². The third kappa shape index (κ3) is 24.8. The Balaban J connectivity index is 0. The van der Waals surface area contributed by atoms with Gasteiger partial charge in [-0.1, -0.05) is 13.8 Å². The number of rotatable bonds is 9. The molecule has 4 heteroatoms. The van der Waals surface area contributed by atoms with Crippen LogP contribution >= 0.6 is 0 Å². The lowest BCUT2D eigenvalue weighted by Crippen LogP contribution is -2.05. The molecule has 0 aromatic heterocycles. The average Bonchev–Trinajstić information content (AvgIpc) is 2.26. The first-order chi connectivity index (χ1) is 7.33. The highest BCUT2D eigenvalue weighted by Crippen LogP contribution is 1.81. The van der Waals surface area contributed by atoms with Gasteiger partial charge in [-0.25, -0.2) is 0 Å². The fourth-order valence-corrected chi connectivity index (χ4v) is 0.700. The largest absolute Gasteiger partial charge is 0.394 e. The predicted octanol–water partition coefficient (Wildman–Crippen LogP) is 1.46. The van der Waals surface area contributed by atoms with Crippen molar-refractivity contribution in [3.8, 4) is 0 Å². The monoisotopic (exact) mass is 222 g/mol. The highest BCUT2D eigenvalue weighted by atomic mass is 16.5. The molecule has 0 aliphatic heterocycles. The summed E-state index contributed by atoms with van der Waals surface area (Å²) in [6.07, 6.45) is 2.28. The summed E-state index contributed by atoms with van der Waals surface area (Å²) in [5.74, 6) is 0. The molecule has 0 heterocycles. The summed E-state index contributed by atoms with van der Waals surface area (Å²) in [4.78, 5) is 0. The Labute approximate surface area is 93.5 Å². The van der Waals surface area contributed by atoms with Crippen LogP contribution in [0, 0.1) is 0 Å². The molecule has 0 saturated heterocycles. The molecule has 15 heavy (non-hydrogen) atoms. The third-order valence-corrected chi connectivity index (χ3v) is 1.36. The standard InChI is InChI=1S/C6H14O.C5H12O3/c1-3-5-7-6-4-2;1-7-4-5-8-3-2-6/h3-6H2,1-2H3;6H,2-5H2,1H3. The summed E-state index contributed by atoms with van der Waals surface area (Å²) in [6.45, 7) is 7.75. The van der Waals surface area contributed by atoms with Gasteiger partial charge in [-0.15, -0.1) is 0 Å². The molecule has 94 valence electrons. The zero-order valence-corrected chi connectivity index (χ0v) is 10.3. The number of methoxy groups -OCH3 is 1. The molecule has 0 fully saturated rings. The normalized spacial score (nSPS) is 9.60. The molecule has 0 unspecified atom stereocenters. The van der Waals surface area contributed by atoms with E-state index in [4.69, 9.17) is 14.6 Å². The summed E-state index contributed by atoms with van der Waals surface area (Å²) in [5.41, 5.74) is 0. The summed E-state index contributed by atoms with van der Waals surface area (Å²) >= 11 is 0. The number of hydrogen-bond donors (Lipinski definition) is 1. The molecule has 0 amide bonds. The van der Waals surface area contributed by atoms with Gasteiger partial charge in [-0.05, 0) is 12.8 Å². The molecule has 0 atom stereocenters. The average molecular weight is 222 g/mol. The van der Waals surface area contributed by atoms with E-state index in [-0.39, 0.29) is 6.61 Å². The first-order valence-corrected chi connectivity index (χ1v) is 5.58. The maximum Gasteiger partial charge on any atom is 0.0701 e. The summed E-state index contributed by atoms with van der Waals surface area (Å²) in [7, 11) is 1.61.